The number of carbonyl (C=O) groups excluding carboxylic acids is 2. The number of nitrogens with one attached hydrogen (secondary N) is 1. The van der Waals surface area contributed by atoms with Crippen LogP contribution in [0.4, 0.5) is 4.79 Å². The van der Waals surface area contributed by atoms with Crippen molar-refractivity contribution in [1.29, 1.82) is 0 Å². The van der Waals surface area contributed by atoms with E-state index in [1.54, 1.807) is 4.90 Å². The lowest BCUT2D eigenvalue weighted by Gasteiger charge is -2.47. The largest absolute Gasteiger partial charge is 0.487 e. The van der Waals surface area contributed by atoms with Gasteiger partial charge in [-0.05, 0) is 30.9 Å². The van der Waals surface area contributed by atoms with E-state index < -0.39 is 0 Å². The molecule has 29 heavy (non-hydrogen) atoms. The van der Waals surface area contributed by atoms with Crippen LogP contribution >= 0.6 is 0 Å². The van der Waals surface area contributed by atoms with Gasteiger partial charge in [0.25, 0.3) is 0 Å². The van der Waals surface area contributed by atoms with Crippen molar-refractivity contribution in [3.8, 4) is 5.75 Å². The number of ether oxygens (including phenoxy) is 1. The fraction of sp³-hybridized carbons (Fsp3) is 0.652. The summed E-state index contributed by atoms with van der Waals surface area (Å²) in [5.74, 6) is 1.21. The zero-order chi connectivity index (χ0) is 20.4. The molecule has 1 saturated carbocycles. The van der Waals surface area contributed by atoms with Crippen LogP contribution < -0.4 is 10.1 Å². The second kappa shape index (κ2) is 8.25. The van der Waals surface area contributed by atoms with Crippen molar-refractivity contribution in [2.75, 3.05) is 27.2 Å². The normalized spacial score (nSPS) is 23.4. The van der Waals surface area contributed by atoms with Gasteiger partial charge in [0.1, 0.15) is 11.4 Å². The van der Waals surface area contributed by atoms with Gasteiger partial charge in [-0.25, -0.2) is 4.79 Å². The van der Waals surface area contributed by atoms with Crippen LogP contribution in [0, 0.1) is 0 Å². The summed E-state index contributed by atoms with van der Waals surface area (Å²) in [4.78, 5) is 28.7. The first-order chi connectivity index (χ1) is 14.0. The molecular weight excluding hydrogens is 366 g/mol. The third-order valence-electron chi connectivity index (χ3n) is 6.87. The zero-order valence-corrected chi connectivity index (χ0v) is 17.7. The molecule has 158 valence electrons. The molecule has 2 fully saturated rings. The molecule has 6 nitrogen and oxygen atoms in total. The fourth-order valence-electron chi connectivity index (χ4n) is 5.08. The molecule has 0 radical (unpaired) electrons. The van der Waals surface area contributed by atoms with Crippen LogP contribution in [0.2, 0.25) is 0 Å². The average Bonchev–Trinajstić information content (AvgIpc) is 3.21. The van der Waals surface area contributed by atoms with Crippen molar-refractivity contribution in [3.63, 3.8) is 0 Å². The molecule has 1 saturated heterocycles. The van der Waals surface area contributed by atoms with Crippen molar-refractivity contribution in [1.82, 2.24) is 15.1 Å². The Hall–Kier alpha value is -2.24. The smallest absolute Gasteiger partial charge is 0.317 e. The van der Waals surface area contributed by atoms with Gasteiger partial charge in [-0.15, -0.1) is 0 Å². The number of amides is 3. The van der Waals surface area contributed by atoms with E-state index in [9.17, 15) is 9.59 Å². The third kappa shape index (κ3) is 4.36. The summed E-state index contributed by atoms with van der Waals surface area (Å²) in [6, 6.07) is 8.53. The number of benzene rings is 1. The van der Waals surface area contributed by atoms with E-state index in [2.05, 4.69) is 11.4 Å². The van der Waals surface area contributed by atoms with Crippen LogP contribution in [-0.2, 0) is 4.79 Å². The zero-order valence-electron chi connectivity index (χ0n) is 17.7. The van der Waals surface area contributed by atoms with Gasteiger partial charge in [-0.2, -0.15) is 0 Å². The number of likely N-dealkylation sites (tertiary alicyclic amines) is 1. The summed E-state index contributed by atoms with van der Waals surface area (Å²) in [6.45, 7) is 1.41. The predicted molar refractivity (Wildman–Crippen MR) is 112 cm³/mol. The highest BCUT2D eigenvalue weighted by Crippen LogP contribution is 2.46. The lowest BCUT2D eigenvalue weighted by molar-refractivity contribution is -0.129. The highest BCUT2D eigenvalue weighted by Gasteiger charge is 2.44. The van der Waals surface area contributed by atoms with Crippen molar-refractivity contribution >= 4 is 11.9 Å². The molecule has 1 aliphatic carbocycles. The highest BCUT2D eigenvalue weighted by atomic mass is 16.5. The summed E-state index contributed by atoms with van der Waals surface area (Å²) in [6.07, 6.45) is 7.60. The van der Waals surface area contributed by atoms with E-state index in [0.717, 1.165) is 43.4 Å². The molecule has 3 amide bonds. The van der Waals surface area contributed by atoms with Gasteiger partial charge in [0, 0.05) is 58.4 Å². The minimum absolute atomic E-state index is 0.0716. The average molecular weight is 400 g/mol. The highest BCUT2D eigenvalue weighted by molar-refractivity contribution is 5.77. The molecule has 0 aromatic heterocycles. The number of rotatable bonds is 3. The molecule has 0 bridgehead atoms. The molecule has 2 aliphatic heterocycles. The maximum Gasteiger partial charge on any atom is 0.317 e. The van der Waals surface area contributed by atoms with E-state index in [-0.39, 0.29) is 23.5 Å². The van der Waals surface area contributed by atoms with Gasteiger partial charge in [-0.1, -0.05) is 31.0 Å². The van der Waals surface area contributed by atoms with Gasteiger partial charge in [0.15, 0.2) is 0 Å². The monoisotopic (exact) mass is 399 g/mol. The minimum Gasteiger partial charge on any atom is -0.487 e. The fourth-order valence-corrected chi connectivity index (χ4v) is 5.08. The molecule has 1 atom stereocenters. The number of urea groups is 1. The summed E-state index contributed by atoms with van der Waals surface area (Å²) in [7, 11) is 3.62. The topological polar surface area (TPSA) is 61.9 Å². The Morgan fingerprint density at radius 1 is 1.17 bits per heavy atom. The molecule has 1 spiro atoms. The van der Waals surface area contributed by atoms with Crippen LogP contribution in [0.1, 0.15) is 62.8 Å². The first-order valence-electron chi connectivity index (χ1n) is 11.0. The van der Waals surface area contributed by atoms with Crippen molar-refractivity contribution < 1.29 is 14.3 Å². The minimum atomic E-state index is -0.282. The Bertz CT molecular complexity index is 749. The Balaban J connectivity index is 1.43. The van der Waals surface area contributed by atoms with E-state index >= 15 is 0 Å². The number of fused-ring (bicyclic) bond motifs is 1. The van der Waals surface area contributed by atoms with Gasteiger partial charge < -0.3 is 19.9 Å². The third-order valence-corrected chi connectivity index (χ3v) is 6.87. The van der Waals surface area contributed by atoms with Crippen LogP contribution in [0.3, 0.4) is 0 Å². The van der Waals surface area contributed by atoms with Crippen LogP contribution in [0.25, 0.3) is 0 Å². The van der Waals surface area contributed by atoms with E-state index in [1.807, 2.05) is 37.2 Å². The molecule has 1 aromatic carbocycles. The van der Waals surface area contributed by atoms with E-state index in [0.29, 0.717) is 25.6 Å². The first-order valence-corrected chi connectivity index (χ1v) is 11.0. The number of carbonyl (C=O) groups is 2. The van der Waals surface area contributed by atoms with Gasteiger partial charge >= 0.3 is 6.03 Å². The van der Waals surface area contributed by atoms with E-state index in [4.69, 9.17) is 4.74 Å². The lowest BCUT2D eigenvalue weighted by atomic mass is 9.76. The first kappa shape index (κ1) is 20.0. The van der Waals surface area contributed by atoms with Crippen molar-refractivity contribution in [3.05, 3.63) is 29.8 Å². The molecule has 1 N–H and O–H groups in total. The molecular formula is C23H33N3O3. The lowest BCUT2D eigenvalue weighted by Crippen LogP contribution is -2.54. The summed E-state index contributed by atoms with van der Waals surface area (Å²) in [5, 5.41) is 3.20. The molecule has 3 aliphatic rings. The predicted octanol–water partition coefficient (Wildman–Crippen LogP) is 3.52. The maximum absolute atomic E-state index is 12.6. The Morgan fingerprint density at radius 3 is 2.55 bits per heavy atom. The number of nitrogens with zero attached hydrogens (tertiary/aromatic N) is 2. The molecule has 1 aromatic rings. The van der Waals surface area contributed by atoms with Crippen LogP contribution in [-0.4, -0.2) is 60.6 Å². The number of hydrogen-bond acceptors (Lipinski definition) is 3. The van der Waals surface area contributed by atoms with Gasteiger partial charge in [0.2, 0.25) is 5.91 Å². The molecule has 2 heterocycles. The summed E-state index contributed by atoms with van der Waals surface area (Å²) < 4.78 is 6.51. The Morgan fingerprint density at radius 2 is 1.86 bits per heavy atom. The second-order valence-electron chi connectivity index (χ2n) is 9.13. The van der Waals surface area contributed by atoms with Crippen molar-refractivity contribution in [2.24, 2.45) is 0 Å². The maximum atomic E-state index is 12.6. The molecule has 6 heteroatoms. The van der Waals surface area contributed by atoms with Crippen molar-refractivity contribution in [2.45, 2.75) is 68.9 Å². The number of para-hydroxylation sites is 1. The van der Waals surface area contributed by atoms with Crippen LogP contribution in [0.5, 0.6) is 5.75 Å². The molecule has 0 unspecified atom stereocenters. The van der Waals surface area contributed by atoms with Gasteiger partial charge in [-0.3, -0.25) is 4.79 Å². The number of piperidine rings is 1. The van der Waals surface area contributed by atoms with Gasteiger partial charge in [0.05, 0.1) is 0 Å². The Labute approximate surface area is 173 Å². The quantitative estimate of drug-likeness (QED) is 0.846. The standard InChI is InChI=1S/C23H33N3O3/c1-25(2)21(27)15-17-16-23(29-20-10-6-5-9-19(17)20)11-13-26(14-12-23)22(28)24-18-7-3-4-8-18/h5-6,9-10,17-18H,3-4,7-8,11-16H2,1-2H3,(H,24,28)/t17-/m1/s1. The summed E-state index contributed by atoms with van der Waals surface area (Å²) in [5.41, 5.74) is 0.852. The summed E-state index contributed by atoms with van der Waals surface area (Å²) >= 11 is 0. The van der Waals surface area contributed by atoms with E-state index in [1.165, 1.54) is 12.8 Å². The second-order valence-corrected chi connectivity index (χ2v) is 9.13. The Kier molecular flexibility index (Phi) is 5.70. The van der Waals surface area contributed by atoms with Crippen LogP contribution in [0.15, 0.2) is 24.3 Å². The number of hydrogen-bond donors (Lipinski definition) is 1. The SMILES string of the molecule is CN(C)C(=O)C[C@@H]1CC2(CCN(C(=O)NC3CCCC3)CC2)Oc2ccccc21. The molecule has 4 rings (SSSR count).